The molecule has 2 rings (SSSR count). The molecule has 6 nitrogen and oxygen atoms in total. The first-order chi connectivity index (χ1) is 12.8. The van der Waals surface area contributed by atoms with Gasteiger partial charge in [-0.1, -0.05) is 0 Å². The Hall–Kier alpha value is -1.81. The van der Waals surface area contributed by atoms with E-state index in [9.17, 15) is 26.4 Å². The molecule has 0 unspecified atom stereocenters. The quantitative estimate of drug-likeness (QED) is 0.779. The van der Waals surface area contributed by atoms with E-state index in [-0.39, 0.29) is 11.6 Å². The molecule has 1 aromatic rings. The van der Waals surface area contributed by atoms with Crippen molar-refractivity contribution in [3.8, 4) is 0 Å². The van der Waals surface area contributed by atoms with Crippen molar-refractivity contribution in [2.75, 3.05) is 18.4 Å². The Morgan fingerprint density at radius 1 is 1.14 bits per heavy atom. The highest BCUT2D eigenvalue weighted by atomic mass is 32.2. The van der Waals surface area contributed by atoms with Gasteiger partial charge in [-0.05, 0) is 63.8 Å². The average Bonchev–Trinajstić information content (AvgIpc) is 2.58. The van der Waals surface area contributed by atoms with Crippen LogP contribution in [0.15, 0.2) is 12.1 Å². The monoisotopic (exact) mass is 421 g/mol. The number of piperidine rings is 1. The molecule has 0 spiro atoms. The Kier molecular flexibility index (Phi) is 6.65. The fraction of sp³-hybridized carbons (Fsp3) is 0.611. The molecular formula is C18H26F3N3O3S. The number of nitrogens with zero attached hydrogens (tertiary/aromatic N) is 1. The summed E-state index contributed by atoms with van der Waals surface area (Å²) in [6, 6.07) is 1.58. The molecule has 1 heterocycles. The Balaban J connectivity index is 1.99. The third-order valence-electron chi connectivity index (χ3n) is 5.07. The number of carbonyl (C=O) groups excluding carboxylic acids is 1. The maximum absolute atomic E-state index is 13.0. The van der Waals surface area contributed by atoms with E-state index in [1.807, 2.05) is 0 Å². The lowest BCUT2D eigenvalue weighted by Gasteiger charge is -2.32. The predicted molar refractivity (Wildman–Crippen MR) is 102 cm³/mol. The zero-order chi connectivity index (χ0) is 21.3. The van der Waals surface area contributed by atoms with Gasteiger partial charge in [0.25, 0.3) is 0 Å². The molecule has 10 heteroatoms. The number of hydrogen-bond acceptors (Lipinski definition) is 3. The molecular weight excluding hydrogens is 395 g/mol. The normalized spacial score (nSPS) is 16.5. The average molecular weight is 421 g/mol. The smallest absolute Gasteiger partial charge is 0.324 e. The number of benzene rings is 1. The van der Waals surface area contributed by atoms with Gasteiger partial charge in [-0.15, -0.1) is 0 Å². The Morgan fingerprint density at radius 3 is 2.21 bits per heavy atom. The predicted octanol–water partition coefficient (Wildman–Crippen LogP) is 3.65. The molecule has 0 saturated carbocycles. The van der Waals surface area contributed by atoms with Gasteiger partial charge < -0.3 is 10.2 Å². The Labute approximate surface area is 163 Å². The van der Waals surface area contributed by atoms with Crippen LogP contribution in [0.3, 0.4) is 0 Å². The largest absolute Gasteiger partial charge is 0.416 e. The van der Waals surface area contributed by atoms with Crippen LogP contribution in [0.1, 0.15) is 43.4 Å². The molecule has 1 saturated heterocycles. The van der Waals surface area contributed by atoms with E-state index in [0.717, 1.165) is 6.07 Å². The van der Waals surface area contributed by atoms with Crippen LogP contribution in [0.4, 0.5) is 23.7 Å². The van der Waals surface area contributed by atoms with Gasteiger partial charge in [-0.25, -0.2) is 17.9 Å². The van der Waals surface area contributed by atoms with Crippen molar-refractivity contribution >= 4 is 21.7 Å². The third kappa shape index (κ3) is 5.16. The van der Waals surface area contributed by atoms with Gasteiger partial charge in [-0.2, -0.15) is 13.2 Å². The van der Waals surface area contributed by atoms with Gasteiger partial charge in [0.15, 0.2) is 0 Å². The molecule has 2 amide bonds. The maximum atomic E-state index is 13.0. The zero-order valence-electron chi connectivity index (χ0n) is 16.4. The summed E-state index contributed by atoms with van der Waals surface area (Å²) in [5.41, 5.74) is 0.0502. The van der Waals surface area contributed by atoms with Crippen molar-refractivity contribution in [2.24, 2.45) is 0 Å². The number of hydrogen-bond donors (Lipinski definition) is 2. The number of amides is 2. The second kappa shape index (κ2) is 8.28. The first kappa shape index (κ1) is 22.5. The maximum Gasteiger partial charge on any atom is 0.416 e. The van der Waals surface area contributed by atoms with Gasteiger partial charge >= 0.3 is 12.2 Å². The fourth-order valence-corrected chi connectivity index (χ4v) is 4.00. The molecule has 1 fully saturated rings. The number of likely N-dealkylation sites (tertiary alicyclic amines) is 1. The molecule has 0 aliphatic carbocycles. The number of carbonyl (C=O) groups is 1. The van der Waals surface area contributed by atoms with E-state index in [1.165, 1.54) is 24.8 Å². The number of urea groups is 1. The third-order valence-corrected chi connectivity index (χ3v) is 6.97. The Bertz CT molecular complexity index is 830. The summed E-state index contributed by atoms with van der Waals surface area (Å²) in [6.45, 7) is 6.82. The first-order valence-electron chi connectivity index (χ1n) is 9.07. The van der Waals surface area contributed by atoms with E-state index in [0.29, 0.717) is 37.2 Å². The summed E-state index contributed by atoms with van der Waals surface area (Å²) in [4.78, 5) is 14.0. The fourth-order valence-electron chi connectivity index (χ4n) is 3.03. The highest BCUT2D eigenvalue weighted by molar-refractivity contribution is 7.90. The van der Waals surface area contributed by atoms with Crippen LogP contribution < -0.4 is 10.0 Å². The van der Waals surface area contributed by atoms with E-state index in [1.54, 1.807) is 13.8 Å². The van der Waals surface area contributed by atoms with Crippen molar-refractivity contribution in [1.82, 2.24) is 9.62 Å². The van der Waals surface area contributed by atoms with E-state index >= 15 is 0 Å². The van der Waals surface area contributed by atoms with Crippen LogP contribution in [0.5, 0.6) is 0 Å². The first-order valence-corrected chi connectivity index (χ1v) is 10.6. The van der Waals surface area contributed by atoms with Crippen molar-refractivity contribution in [3.05, 3.63) is 28.8 Å². The minimum atomic E-state index is -4.44. The number of anilines is 1. The van der Waals surface area contributed by atoms with Gasteiger partial charge in [0.1, 0.15) is 0 Å². The highest BCUT2D eigenvalue weighted by Crippen LogP contribution is 2.35. The van der Waals surface area contributed by atoms with Gasteiger partial charge in [-0.3, -0.25) is 0 Å². The molecule has 0 bridgehead atoms. The van der Waals surface area contributed by atoms with Gasteiger partial charge in [0, 0.05) is 24.8 Å². The molecule has 2 N–H and O–H groups in total. The van der Waals surface area contributed by atoms with E-state index in [2.05, 4.69) is 10.0 Å². The molecule has 28 heavy (non-hydrogen) atoms. The van der Waals surface area contributed by atoms with Crippen molar-refractivity contribution < 1.29 is 26.4 Å². The summed E-state index contributed by atoms with van der Waals surface area (Å²) < 4.78 is 65.4. The summed E-state index contributed by atoms with van der Waals surface area (Å²) in [5, 5.41) is 2.13. The topological polar surface area (TPSA) is 78.5 Å². The Morgan fingerprint density at radius 2 is 1.71 bits per heavy atom. The molecule has 0 aromatic heterocycles. The minimum absolute atomic E-state index is 0.0760. The SMILES string of the molecule is Cc1c(NC(=O)N2CCC(NS(=O)(=O)C(C)C)CC2)ccc(C(F)(F)F)c1C. The lowest BCUT2D eigenvalue weighted by atomic mass is 10.0. The molecule has 0 atom stereocenters. The van der Waals surface area contributed by atoms with Crippen molar-refractivity contribution in [1.29, 1.82) is 0 Å². The zero-order valence-corrected chi connectivity index (χ0v) is 17.2. The lowest BCUT2D eigenvalue weighted by molar-refractivity contribution is -0.138. The minimum Gasteiger partial charge on any atom is -0.324 e. The molecule has 1 aliphatic rings. The number of alkyl halides is 3. The van der Waals surface area contributed by atoms with Crippen LogP contribution in [-0.2, 0) is 16.2 Å². The number of halogens is 3. The molecule has 1 aliphatic heterocycles. The van der Waals surface area contributed by atoms with Crippen molar-refractivity contribution in [2.45, 2.75) is 58.0 Å². The summed E-state index contributed by atoms with van der Waals surface area (Å²) in [6.07, 6.45) is -3.49. The van der Waals surface area contributed by atoms with Crippen LogP contribution in [-0.4, -0.2) is 43.7 Å². The molecule has 158 valence electrons. The molecule has 1 aromatic carbocycles. The van der Waals surface area contributed by atoms with Crippen LogP contribution >= 0.6 is 0 Å². The summed E-state index contributed by atoms with van der Waals surface area (Å²) in [5.74, 6) is 0. The van der Waals surface area contributed by atoms with Gasteiger partial charge in [0.2, 0.25) is 10.0 Å². The highest BCUT2D eigenvalue weighted by Gasteiger charge is 2.33. The van der Waals surface area contributed by atoms with Crippen LogP contribution in [0.2, 0.25) is 0 Å². The number of nitrogens with one attached hydrogen (secondary N) is 2. The standard InChI is InChI=1S/C18H26F3N3O3S/c1-11(2)28(26,27)23-14-7-9-24(10-8-14)17(25)22-16-6-5-15(18(19,20)21)12(3)13(16)4/h5-6,11,14,23H,7-10H2,1-4H3,(H,22,25). The second-order valence-corrected chi connectivity index (χ2v) is 9.58. The van der Waals surface area contributed by atoms with Crippen LogP contribution in [0, 0.1) is 13.8 Å². The summed E-state index contributed by atoms with van der Waals surface area (Å²) in [7, 11) is -3.37. The number of rotatable bonds is 4. The lowest BCUT2D eigenvalue weighted by Crippen LogP contribution is -2.48. The van der Waals surface area contributed by atoms with Crippen molar-refractivity contribution in [3.63, 3.8) is 0 Å². The van der Waals surface area contributed by atoms with E-state index < -0.39 is 33.0 Å². The van der Waals surface area contributed by atoms with Crippen LogP contribution in [0.25, 0.3) is 0 Å². The van der Waals surface area contributed by atoms with Gasteiger partial charge in [0.05, 0.1) is 10.8 Å². The number of sulfonamides is 1. The molecule has 0 radical (unpaired) electrons. The van der Waals surface area contributed by atoms with E-state index in [4.69, 9.17) is 0 Å². The second-order valence-electron chi connectivity index (χ2n) is 7.31. The summed E-state index contributed by atoms with van der Waals surface area (Å²) >= 11 is 0.